The first kappa shape index (κ1) is 17.4. The molecule has 1 atom stereocenters. The third-order valence-corrected chi connectivity index (χ3v) is 4.65. The highest BCUT2D eigenvalue weighted by Gasteiger charge is 2.07. The predicted molar refractivity (Wildman–Crippen MR) is 94.1 cm³/mol. The molecule has 0 spiro atoms. The van der Waals surface area contributed by atoms with Crippen molar-refractivity contribution in [2.24, 2.45) is 10.1 Å². The summed E-state index contributed by atoms with van der Waals surface area (Å²) in [5, 5.41) is 5.09. The molecule has 0 bridgehead atoms. The smallest absolute Gasteiger partial charge is 0.238 e. The van der Waals surface area contributed by atoms with Crippen LogP contribution >= 0.6 is 0 Å². The fourth-order valence-electron chi connectivity index (χ4n) is 2.37. The van der Waals surface area contributed by atoms with E-state index in [1.54, 1.807) is 24.3 Å². The van der Waals surface area contributed by atoms with E-state index in [9.17, 15) is 8.42 Å². The number of hydrogen-bond donors (Lipinski definition) is 1. The third kappa shape index (κ3) is 5.30. The molecule has 0 aliphatic rings. The Morgan fingerprint density at radius 3 is 2.26 bits per heavy atom. The van der Waals surface area contributed by atoms with Gasteiger partial charge < -0.3 is 0 Å². The Kier molecular flexibility index (Phi) is 5.69. The van der Waals surface area contributed by atoms with Gasteiger partial charge in [0.05, 0.1) is 10.9 Å². The summed E-state index contributed by atoms with van der Waals surface area (Å²) >= 11 is 0. The third-order valence-electron chi connectivity index (χ3n) is 3.72. The summed E-state index contributed by atoms with van der Waals surface area (Å²) in [4.78, 5) is 4.86. The number of hydrogen-bond acceptors (Lipinski definition) is 3. The number of nitrogens with zero attached hydrogens (tertiary/aromatic N) is 1. The largest absolute Gasteiger partial charge is 0.287 e. The van der Waals surface area contributed by atoms with Gasteiger partial charge in [0.2, 0.25) is 10.0 Å². The molecule has 0 aliphatic carbocycles. The van der Waals surface area contributed by atoms with Crippen molar-refractivity contribution in [1.82, 2.24) is 0 Å². The lowest BCUT2D eigenvalue weighted by Gasteiger charge is -2.09. The lowest BCUT2D eigenvalue weighted by molar-refractivity contribution is 0.598. The SMILES string of the molecule is CC(CCc1ccc(S(N)(=O)=O)cc1)=N[C@@H](C)c1ccccc1. The van der Waals surface area contributed by atoms with Crippen LogP contribution in [0.2, 0.25) is 0 Å². The summed E-state index contributed by atoms with van der Waals surface area (Å²) < 4.78 is 22.4. The van der Waals surface area contributed by atoms with Crippen LogP contribution in [0.4, 0.5) is 0 Å². The summed E-state index contributed by atoms with van der Waals surface area (Å²) in [6.07, 6.45) is 1.66. The lowest BCUT2D eigenvalue weighted by Crippen LogP contribution is -2.11. The highest BCUT2D eigenvalue weighted by atomic mass is 32.2. The van der Waals surface area contributed by atoms with E-state index in [-0.39, 0.29) is 10.9 Å². The van der Waals surface area contributed by atoms with Gasteiger partial charge in [-0.05, 0) is 49.9 Å². The van der Waals surface area contributed by atoms with Gasteiger partial charge in [0, 0.05) is 5.71 Å². The van der Waals surface area contributed by atoms with Crippen LogP contribution in [0.15, 0.2) is 64.5 Å². The topological polar surface area (TPSA) is 72.5 Å². The quantitative estimate of drug-likeness (QED) is 0.823. The number of nitrogens with two attached hydrogens (primary N) is 1. The number of aryl methyl sites for hydroxylation is 1. The van der Waals surface area contributed by atoms with Crippen LogP contribution in [0, 0.1) is 0 Å². The Labute approximate surface area is 138 Å². The molecule has 0 amide bonds. The number of rotatable bonds is 6. The van der Waals surface area contributed by atoms with E-state index >= 15 is 0 Å². The monoisotopic (exact) mass is 330 g/mol. The molecule has 2 N–H and O–H groups in total. The molecule has 0 aliphatic heterocycles. The minimum Gasteiger partial charge on any atom is -0.287 e. The zero-order valence-electron chi connectivity index (χ0n) is 13.4. The average Bonchev–Trinajstić information content (AvgIpc) is 2.53. The van der Waals surface area contributed by atoms with Crippen molar-refractivity contribution in [3.63, 3.8) is 0 Å². The highest BCUT2D eigenvalue weighted by Crippen LogP contribution is 2.17. The van der Waals surface area contributed by atoms with Crippen LogP contribution < -0.4 is 5.14 Å². The van der Waals surface area contributed by atoms with Crippen molar-refractivity contribution in [3.8, 4) is 0 Å². The van der Waals surface area contributed by atoms with Gasteiger partial charge in [-0.25, -0.2) is 13.6 Å². The summed E-state index contributed by atoms with van der Waals surface area (Å²) in [6, 6.07) is 17.0. The van der Waals surface area contributed by atoms with Gasteiger partial charge in [0.15, 0.2) is 0 Å². The minimum atomic E-state index is -3.62. The zero-order chi connectivity index (χ0) is 16.9. The van der Waals surface area contributed by atoms with Gasteiger partial charge in [-0.15, -0.1) is 0 Å². The Morgan fingerprint density at radius 1 is 1.09 bits per heavy atom. The van der Waals surface area contributed by atoms with Crippen LogP contribution in [-0.4, -0.2) is 14.1 Å². The Hall–Kier alpha value is -1.98. The normalized spacial score (nSPS) is 13.8. The van der Waals surface area contributed by atoms with Gasteiger partial charge in [-0.3, -0.25) is 4.99 Å². The molecule has 4 nitrogen and oxygen atoms in total. The maximum atomic E-state index is 11.2. The fourth-order valence-corrected chi connectivity index (χ4v) is 2.89. The van der Waals surface area contributed by atoms with Crippen molar-refractivity contribution in [3.05, 3.63) is 65.7 Å². The summed E-state index contributed by atoms with van der Waals surface area (Å²) in [6.45, 7) is 4.11. The minimum absolute atomic E-state index is 0.140. The second-order valence-electron chi connectivity index (χ2n) is 5.64. The van der Waals surface area contributed by atoms with E-state index in [1.165, 1.54) is 5.56 Å². The lowest BCUT2D eigenvalue weighted by atomic mass is 10.1. The molecule has 0 aromatic heterocycles. The maximum absolute atomic E-state index is 11.2. The molecule has 0 unspecified atom stereocenters. The molecule has 5 heteroatoms. The van der Waals surface area contributed by atoms with E-state index in [2.05, 4.69) is 19.1 Å². The summed E-state index contributed by atoms with van der Waals surface area (Å²) in [7, 11) is -3.62. The van der Waals surface area contributed by atoms with Crippen LogP contribution in [0.3, 0.4) is 0 Å². The Morgan fingerprint density at radius 2 is 1.70 bits per heavy atom. The zero-order valence-corrected chi connectivity index (χ0v) is 14.3. The van der Waals surface area contributed by atoms with Gasteiger partial charge in [-0.2, -0.15) is 0 Å². The Bertz CT molecular complexity index is 766. The number of benzene rings is 2. The number of primary sulfonamides is 1. The molecule has 0 radical (unpaired) electrons. The van der Waals surface area contributed by atoms with Gasteiger partial charge in [-0.1, -0.05) is 42.5 Å². The summed E-state index contributed by atoms with van der Waals surface area (Å²) in [5.41, 5.74) is 3.35. The Balaban J connectivity index is 1.96. The molecule has 0 saturated heterocycles. The first-order valence-corrected chi connectivity index (χ1v) is 9.11. The van der Waals surface area contributed by atoms with Crippen LogP contribution in [-0.2, 0) is 16.4 Å². The van der Waals surface area contributed by atoms with Crippen molar-refractivity contribution in [1.29, 1.82) is 0 Å². The van der Waals surface area contributed by atoms with E-state index in [0.29, 0.717) is 0 Å². The molecule has 23 heavy (non-hydrogen) atoms. The molecule has 0 heterocycles. The molecular formula is C18H22N2O2S. The van der Waals surface area contributed by atoms with Crippen LogP contribution in [0.1, 0.15) is 37.4 Å². The first-order valence-electron chi connectivity index (χ1n) is 7.56. The van der Waals surface area contributed by atoms with Crippen molar-refractivity contribution < 1.29 is 8.42 Å². The van der Waals surface area contributed by atoms with Gasteiger partial charge in [0.25, 0.3) is 0 Å². The van der Waals surface area contributed by atoms with E-state index in [4.69, 9.17) is 10.1 Å². The molecule has 2 aromatic rings. The van der Waals surface area contributed by atoms with E-state index < -0.39 is 10.0 Å². The summed E-state index contributed by atoms with van der Waals surface area (Å²) in [5.74, 6) is 0. The molecular weight excluding hydrogens is 308 g/mol. The second-order valence-corrected chi connectivity index (χ2v) is 7.20. The first-order chi connectivity index (χ1) is 10.9. The maximum Gasteiger partial charge on any atom is 0.238 e. The standard InChI is InChI=1S/C18H22N2O2S/c1-14(20-15(2)17-6-4-3-5-7-17)8-9-16-10-12-18(13-11-16)23(19,21)22/h3-7,10-13,15H,8-9H2,1-2H3,(H2,19,21,22)/t15-/m0/s1. The number of sulfonamides is 1. The number of aliphatic imine (C=N–C) groups is 1. The van der Waals surface area contributed by atoms with Crippen LogP contribution in [0.5, 0.6) is 0 Å². The van der Waals surface area contributed by atoms with E-state index in [0.717, 1.165) is 24.1 Å². The average molecular weight is 330 g/mol. The molecule has 0 saturated carbocycles. The van der Waals surface area contributed by atoms with Crippen molar-refractivity contribution in [2.75, 3.05) is 0 Å². The van der Waals surface area contributed by atoms with Gasteiger partial charge >= 0.3 is 0 Å². The van der Waals surface area contributed by atoms with Gasteiger partial charge in [0.1, 0.15) is 0 Å². The molecule has 2 rings (SSSR count). The van der Waals surface area contributed by atoms with Crippen molar-refractivity contribution >= 4 is 15.7 Å². The second kappa shape index (κ2) is 7.53. The predicted octanol–water partition coefficient (Wildman–Crippen LogP) is 3.49. The molecule has 122 valence electrons. The van der Waals surface area contributed by atoms with Crippen LogP contribution in [0.25, 0.3) is 0 Å². The molecule has 0 fully saturated rings. The highest BCUT2D eigenvalue weighted by molar-refractivity contribution is 7.89. The molecule has 2 aromatic carbocycles. The van der Waals surface area contributed by atoms with Crippen molar-refractivity contribution in [2.45, 2.75) is 37.6 Å². The van der Waals surface area contributed by atoms with E-state index in [1.807, 2.05) is 25.1 Å². The fraction of sp³-hybridized carbons (Fsp3) is 0.278.